The zero-order chi connectivity index (χ0) is 13.7. The molecule has 2 nitrogen and oxygen atoms in total. The first-order chi connectivity index (χ1) is 9.05. The van der Waals surface area contributed by atoms with Gasteiger partial charge in [0.05, 0.1) is 12.2 Å². The third-order valence-electron chi connectivity index (χ3n) is 2.39. The predicted molar refractivity (Wildman–Crippen MR) is 67.0 cm³/mol. The van der Waals surface area contributed by atoms with Gasteiger partial charge in [-0.05, 0) is 17.7 Å². The Morgan fingerprint density at radius 1 is 1.00 bits per heavy atom. The summed E-state index contributed by atoms with van der Waals surface area (Å²) < 4.78 is 37.4. The summed E-state index contributed by atoms with van der Waals surface area (Å²) in [6.07, 6.45) is -2.80. The van der Waals surface area contributed by atoms with Crippen LogP contribution in [-0.2, 0) is 12.7 Å². The third-order valence-corrected chi connectivity index (χ3v) is 2.39. The highest BCUT2D eigenvalue weighted by molar-refractivity contribution is 5.79. The van der Waals surface area contributed by atoms with Crippen molar-refractivity contribution in [1.82, 2.24) is 4.98 Å². The second kappa shape index (κ2) is 5.65. The molecule has 0 radical (unpaired) electrons. The Hall–Kier alpha value is -2.17. The van der Waals surface area contributed by atoms with Gasteiger partial charge in [0.1, 0.15) is 5.69 Å². The molecule has 0 atom stereocenters. The third kappa shape index (κ3) is 3.91. The van der Waals surface area contributed by atoms with E-state index >= 15 is 0 Å². The Morgan fingerprint density at radius 2 is 1.74 bits per heavy atom. The minimum absolute atomic E-state index is 0.124. The fourth-order valence-electron chi connectivity index (χ4n) is 1.51. The molecule has 0 bridgehead atoms. The SMILES string of the molecule is FC(F)(F)c1cccc(C/N=C/c2ccccc2)n1. The average Bonchev–Trinajstić information content (AvgIpc) is 2.39. The smallest absolute Gasteiger partial charge is 0.286 e. The number of alkyl halides is 3. The molecular formula is C14H11F3N2. The van der Waals surface area contributed by atoms with Gasteiger partial charge in [-0.2, -0.15) is 13.2 Å². The normalized spacial score (nSPS) is 11.9. The molecule has 2 rings (SSSR count). The number of pyridine rings is 1. The molecule has 0 spiro atoms. The molecular weight excluding hydrogens is 253 g/mol. The van der Waals surface area contributed by atoms with Crippen molar-refractivity contribution in [2.75, 3.05) is 0 Å². The van der Waals surface area contributed by atoms with Crippen molar-refractivity contribution < 1.29 is 13.2 Å². The fraction of sp³-hybridized carbons (Fsp3) is 0.143. The van der Waals surface area contributed by atoms with Gasteiger partial charge < -0.3 is 0 Å². The lowest BCUT2D eigenvalue weighted by molar-refractivity contribution is -0.141. The Morgan fingerprint density at radius 3 is 2.42 bits per heavy atom. The zero-order valence-corrected chi connectivity index (χ0v) is 9.93. The summed E-state index contributed by atoms with van der Waals surface area (Å²) >= 11 is 0. The van der Waals surface area contributed by atoms with Crippen LogP contribution >= 0.6 is 0 Å². The second-order valence-corrected chi connectivity index (χ2v) is 3.89. The van der Waals surface area contributed by atoms with Gasteiger partial charge in [0.2, 0.25) is 0 Å². The van der Waals surface area contributed by atoms with E-state index in [0.717, 1.165) is 11.6 Å². The van der Waals surface area contributed by atoms with Crippen LogP contribution in [0, 0.1) is 0 Å². The fourth-order valence-corrected chi connectivity index (χ4v) is 1.51. The molecule has 19 heavy (non-hydrogen) atoms. The van der Waals surface area contributed by atoms with Crippen molar-refractivity contribution in [2.45, 2.75) is 12.7 Å². The number of benzene rings is 1. The molecule has 0 aliphatic heterocycles. The maximum atomic E-state index is 12.5. The summed E-state index contributed by atoms with van der Waals surface area (Å²) in [7, 11) is 0. The van der Waals surface area contributed by atoms with Gasteiger partial charge in [0.25, 0.3) is 0 Å². The molecule has 0 aliphatic rings. The molecule has 0 N–H and O–H groups in total. The molecule has 1 aromatic heterocycles. The quantitative estimate of drug-likeness (QED) is 0.775. The predicted octanol–water partition coefficient (Wildman–Crippen LogP) is 3.72. The Kier molecular flexibility index (Phi) is 3.94. The molecule has 0 saturated heterocycles. The molecule has 0 aliphatic carbocycles. The molecule has 2 aromatic rings. The summed E-state index contributed by atoms with van der Waals surface area (Å²) in [5, 5.41) is 0. The number of halogens is 3. The Balaban J connectivity index is 2.06. The summed E-state index contributed by atoms with van der Waals surface area (Å²) in [4.78, 5) is 7.62. The average molecular weight is 264 g/mol. The van der Waals surface area contributed by atoms with Crippen LogP contribution in [0.5, 0.6) is 0 Å². The standard InChI is InChI=1S/C14H11F3N2/c15-14(16,17)13-8-4-7-12(19-13)10-18-9-11-5-2-1-3-6-11/h1-9H,10H2/b18-9+. The van der Waals surface area contributed by atoms with E-state index in [2.05, 4.69) is 9.98 Å². The summed E-state index contributed by atoms with van der Waals surface area (Å²) in [6, 6.07) is 13.1. The van der Waals surface area contributed by atoms with Crippen LogP contribution in [0.25, 0.3) is 0 Å². The zero-order valence-electron chi connectivity index (χ0n) is 9.93. The van der Waals surface area contributed by atoms with E-state index < -0.39 is 11.9 Å². The van der Waals surface area contributed by atoms with E-state index in [9.17, 15) is 13.2 Å². The number of rotatable bonds is 3. The van der Waals surface area contributed by atoms with Crippen LogP contribution < -0.4 is 0 Å². The van der Waals surface area contributed by atoms with Crippen LogP contribution in [0.15, 0.2) is 53.5 Å². The largest absolute Gasteiger partial charge is 0.433 e. The Labute approximate surface area is 108 Å². The molecule has 98 valence electrons. The lowest BCUT2D eigenvalue weighted by atomic mass is 10.2. The minimum atomic E-state index is -4.42. The topological polar surface area (TPSA) is 25.2 Å². The number of hydrogen-bond donors (Lipinski definition) is 0. The highest BCUT2D eigenvalue weighted by Crippen LogP contribution is 2.27. The van der Waals surface area contributed by atoms with Crippen LogP contribution in [0.4, 0.5) is 13.2 Å². The molecule has 0 unspecified atom stereocenters. The molecule has 0 saturated carbocycles. The number of nitrogens with zero attached hydrogens (tertiary/aromatic N) is 2. The van der Waals surface area contributed by atoms with Crippen LogP contribution in [0.3, 0.4) is 0 Å². The molecule has 1 aromatic carbocycles. The van der Waals surface area contributed by atoms with Crippen molar-refractivity contribution in [2.24, 2.45) is 4.99 Å². The first-order valence-electron chi connectivity index (χ1n) is 5.64. The van der Waals surface area contributed by atoms with E-state index in [0.29, 0.717) is 5.69 Å². The molecule has 0 fully saturated rings. The van der Waals surface area contributed by atoms with E-state index in [1.54, 1.807) is 6.21 Å². The lowest BCUT2D eigenvalue weighted by Crippen LogP contribution is -2.08. The highest BCUT2D eigenvalue weighted by atomic mass is 19.4. The van der Waals surface area contributed by atoms with Crippen molar-refractivity contribution in [3.8, 4) is 0 Å². The van der Waals surface area contributed by atoms with Gasteiger partial charge in [-0.3, -0.25) is 4.99 Å². The monoisotopic (exact) mass is 264 g/mol. The summed E-state index contributed by atoms with van der Waals surface area (Å²) in [5.41, 5.74) is 0.302. The first kappa shape index (κ1) is 13.3. The molecule has 1 heterocycles. The minimum Gasteiger partial charge on any atom is -0.286 e. The highest BCUT2D eigenvalue weighted by Gasteiger charge is 2.32. The first-order valence-corrected chi connectivity index (χ1v) is 5.64. The maximum absolute atomic E-state index is 12.5. The van der Waals surface area contributed by atoms with Crippen LogP contribution in [0.1, 0.15) is 17.0 Å². The van der Waals surface area contributed by atoms with Gasteiger partial charge in [-0.15, -0.1) is 0 Å². The van der Waals surface area contributed by atoms with E-state index in [-0.39, 0.29) is 6.54 Å². The second-order valence-electron chi connectivity index (χ2n) is 3.89. The number of hydrogen-bond acceptors (Lipinski definition) is 2. The van der Waals surface area contributed by atoms with Gasteiger partial charge in [0.15, 0.2) is 0 Å². The number of aromatic nitrogens is 1. The van der Waals surface area contributed by atoms with Gasteiger partial charge in [0, 0.05) is 6.21 Å². The van der Waals surface area contributed by atoms with E-state index in [4.69, 9.17) is 0 Å². The van der Waals surface area contributed by atoms with Crippen LogP contribution in [0.2, 0.25) is 0 Å². The lowest BCUT2D eigenvalue weighted by Gasteiger charge is -2.06. The molecule has 0 amide bonds. The van der Waals surface area contributed by atoms with E-state index in [1.165, 1.54) is 12.1 Å². The van der Waals surface area contributed by atoms with Crippen molar-refractivity contribution in [3.05, 3.63) is 65.5 Å². The van der Waals surface area contributed by atoms with Gasteiger partial charge in [-0.25, -0.2) is 4.98 Å². The summed E-state index contributed by atoms with van der Waals surface area (Å²) in [6.45, 7) is 0.124. The van der Waals surface area contributed by atoms with Crippen molar-refractivity contribution in [1.29, 1.82) is 0 Å². The van der Waals surface area contributed by atoms with Crippen molar-refractivity contribution >= 4 is 6.21 Å². The number of aliphatic imine (C=N–C) groups is 1. The Bertz CT molecular complexity index is 562. The van der Waals surface area contributed by atoms with Crippen molar-refractivity contribution in [3.63, 3.8) is 0 Å². The van der Waals surface area contributed by atoms with Gasteiger partial charge in [-0.1, -0.05) is 36.4 Å². The van der Waals surface area contributed by atoms with E-state index in [1.807, 2.05) is 30.3 Å². The van der Waals surface area contributed by atoms with Gasteiger partial charge >= 0.3 is 6.18 Å². The summed E-state index contributed by atoms with van der Waals surface area (Å²) in [5.74, 6) is 0. The maximum Gasteiger partial charge on any atom is 0.433 e. The van der Waals surface area contributed by atoms with Crippen LogP contribution in [-0.4, -0.2) is 11.2 Å². The molecule has 5 heteroatoms.